The number of aliphatic carboxylic acids is 1. The number of pyridine rings is 1. The van der Waals surface area contributed by atoms with E-state index in [0.717, 1.165) is 39.3 Å². The molecule has 4 nitrogen and oxygen atoms in total. The van der Waals surface area contributed by atoms with Gasteiger partial charge in [0, 0.05) is 17.6 Å². The third-order valence-electron chi connectivity index (χ3n) is 4.24. The molecule has 3 rings (SSSR count). The number of nitrogens with zero attached hydrogens (tertiary/aromatic N) is 2. The minimum absolute atomic E-state index is 0.103. The molecule has 1 aliphatic rings. The standard InChI is InChI=1S/C17H19BrN2O2S/c1-11-5-6-12(19-10-11)16(14-7-8-15(18)23-14)20-9-3-2-4-13(20)17(21)22/h5-8,10,13,16H,2-4,9H2,1H3,(H,21,22). The van der Waals surface area contributed by atoms with E-state index >= 15 is 0 Å². The van der Waals surface area contributed by atoms with Gasteiger partial charge in [-0.05, 0) is 59.5 Å². The van der Waals surface area contributed by atoms with Crippen molar-refractivity contribution in [2.24, 2.45) is 0 Å². The summed E-state index contributed by atoms with van der Waals surface area (Å²) in [6, 6.07) is 7.58. The first-order valence-electron chi connectivity index (χ1n) is 7.72. The number of halogens is 1. The molecule has 0 aromatic carbocycles. The molecule has 0 aliphatic carbocycles. The molecule has 6 heteroatoms. The number of hydrogen-bond acceptors (Lipinski definition) is 4. The number of carbonyl (C=O) groups is 1. The van der Waals surface area contributed by atoms with Crippen molar-refractivity contribution in [3.05, 3.63) is 50.4 Å². The van der Waals surface area contributed by atoms with Crippen molar-refractivity contribution in [2.45, 2.75) is 38.3 Å². The highest BCUT2D eigenvalue weighted by atomic mass is 79.9. The number of piperidine rings is 1. The van der Waals surface area contributed by atoms with E-state index < -0.39 is 12.0 Å². The maximum absolute atomic E-state index is 11.7. The lowest BCUT2D eigenvalue weighted by molar-refractivity contribution is -0.145. The summed E-state index contributed by atoms with van der Waals surface area (Å²) < 4.78 is 1.05. The van der Waals surface area contributed by atoms with E-state index in [0.29, 0.717) is 6.42 Å². The number of hydrogen-bond donors (Lipinski definition) is 1. The van der Waals surface area contributed by atoms with Crippen molar-refractivity contribution >= 4 is 33.2 Å². The molecule has 1 aliphatic heterocycles. The third-order valence-corrected chi connectivity index (χ3v) is 5.91. The van der Waals surface area contributed by atoms with Crippen molar-refractivity contribution in [1.29, 1.82) is 0 Å². The molecular formula is C17H19BrN2O2S. The predicted octanol–water partition coefficient (Wildman–Crippen LogP) is 4.24. The monoisotopic (exact) mass is 394 g/mol. The average Bonchev–Trinajstić information content (AvgIpc) is 2.96. The quantitative estimate of drug-likeness (QED) is 0.841. The highest BCUT2D eigenvalue weighted by Crippen LogP contribution is 2.38. The Morgan fingerprint density at radius 3 is 2.83 bits per heavy atom. The van der Waals surface area contributed by atoms with Crippen molar-refractivity contribution in [3.8, 4) is 0 Å². The van der Waals surface area contributed by atoms with Crippen LogP contribution in [0.15, 0.2) is 34.2 Å². The molecule has 3 heterocycles. The Kier molecular flexibility index (Phi) is 5.14. The van der Waals surface area contributed by atoms with Gasteiger partial charge >= 0.3 is 5.97 Å². The van der Waals surface area contributed by atoms with E-state index in [9.17, 15) is 9.90 Å². The van der Waals surface area contributed by atoms with Crippen molar-refractivity contribution in [3.63, 3.8) is 0 Å². The van der Waals surface area contributed by atoms with E-state index in [4.69, 9.17) is 0 Å². The summed E-state index contributed by atoms with van der Waals surface area (Å²) in [7, 11) is 0. The third kappa shape index (κ3) is 3.65. The Hall–Kier alpha value is -1.24. The van der Waals surface area contributed by atoms with Crippen molar-refractivity contribution in [2.75, 3.05) is 6.54 Å². The van der Waals surface area contributed by atoms with Crippen molar-refractivity contribution < 1.29 is 9.90 Å². The Labute approximate surface area is 148 Å². The number of likely N-dealkylation sites (tertiary alicyclic amines) is 1. The molecule has 2 aromatic rings. The van der Waals surface area contributed by atoms with Gasteiger partial charge in [0.2, 0.25) is 0 Å². The molecular weight excluding hydrogens is 376 g/mol. The highest BCUT2D eigenvalue weighted by Gasteiger charge is 2.36. The molecule has 1 saturated heterocycles. The summed E-state index contributed by atoms with van der Waals surface area (Å²) in [5.74, 6) is -0.738. The normalized spacial score (nSPS) is 20.3. The van der Waals surface area contributed by atoms with Crippen LogP contribution in [0, 0.1) is 6.92 Å². The number of thiophene rings is 1. The molecule has 2 atom stereocenters. The summed E-state index contributed by atoms with van der Waals surface area (Å²) in [6.45, 7) is 2.79. The molecule has 0 radical (unpaired) electrons. The van der Waals surface area contributed by atoms with Crippen LogP contribution in [0.4, 0.5) is 0 Å². The number of rotatable bonds is 4. The highest BCUT2D eigenvalue weighted by molar-refractivity contribution is 9.11. The summed E-state index contributed by atoms with van der Waals surface area (Å²) in [5, 5.41) is 9.63. The van der Waals surface area contributed by atoms with E-state index in [-0.39, 0.29) is 6.04 Å². The van der Waals surface area contributed by atoms with Crippen LogP contribution in [-0.4, -0.2) is 33.5 Å². The fraction of sp³-hybridized carbons (Fsp3) is 0.412. The fourth-order valence-corrected chi connectivity index (χ4v) is 4.68. The maximum Gasteiger partial charge on any atom is 0.320 e. The predicted molar refractivity (Wildman–Crippen MR) is 94.8 cm³/mol. The lowest BCUT2D eigenvalue weighted by atomic mass is 9.97. The number of carboxylic acids is 1. The van der Waals surface area contributed by atoms with Crippen LogP contribution >= 0.6 is 27.3 Å². The van der Waals surface area contributed by atoms with E-state index in [1.165, 1.54) is 0 Å². The largest absolute Gasteiger partial charge is 0.480 e. The van der Waals surface area contributed by atoms with Gasteiger partial charge in [-0.25, -0.2) is 0 Å². The second-order valence-electron chi connectivity index (χ2n) is 5.89. The van der Waals surface area contributed by atoms with Gasteiger partial charge in [-0.2, -0.15) is 0 Å². The Morgan fingerprint density at radius 1 is 1.39 bits per heavy atom. The van der Waals surface area contributed by atoms with Crippen LogP contribution in [0.1, 0.15) is 41.4 Å². The van der Waals surface area contributed by atoms with E-state index in [1.54, 1.807) is 11.3 Å². The van der Waals surface area contributed by atoms with E-state index in [1.807, 2.05) is 31.3 Å². The van der Waals surface area contributed by atoms with Crippen LogP contribution < -0.4 is 0 Å². The van der Waals surface area contributed by atoms with Gasteiger partial charge in [-0.1, -0.05) is 12.5 Å². The van der Waals surface area contributed by atoms with Gasteiger partial charge in [-0.3, -0.25) is 14.7 Å². The Bertz CT molecular complexity index is 686. The average molecular weight is 395 g/mol. The molecule has 23 heavy (non-hydrogen) atoms. The maximum atomic E-state index is 11.7. The van der Waals surface area contributed by atoms with E-state index in [2.05, 4.69) is 31.9 Å². The Balaban J connectivity index is 2.03. The first-order chi connectivity index (χ1) is 11.1. The first kappa shape index (κ1) is 16.6. The summed E-state index contributed by atoms with van der Waals surface area (Å²) in [5.41, 5.74) is 2.02. The van der Waals surface area contributed by atoms with Gasteiger partial charge in [0.25, 0.3) is 0 Å². The molecule has 0 saturated carbocycles. The van der Waals surface area contributed by atoms with Crippen LogP contribution in [0.2, 0.25) is 0 Å². The summed E-state index contributed by atoms with van der Waals surface area (Å²) in [4.78, 5) is 19.5. The number of carboxylic acid groups (broad SMARTS) is 1. The summed E-state index contributed by atoms with van der Waals surface area (Å²) in [6.07, 6.45) is 4.54. The smallest absolute Gasteiger partial charge is 0.320 e. The second kappa shape index (κ2) is 7.11. The van der Waals surface area contributed by atoms with Crippen LogP contribution in [0.5, 0.6) is 0 Å². The lowest BCUT2D eigenvalue weighted by Crippen LogP contribution is -2.46. The topological polar surface area (TPSA) is 53.4 Å². The van der Waals surface area contributed by atoms with Gasteiger partial charge < -0.3 is 5.11 Å². The zero-order valence-electron chi connectivity index (χ0n) is 12.9. The Morgan fingerprint density at radius 2 is 2.22 bits per heavy atom. The van der Waals surface area contributed by atoms with Crippen LogP contribution in [-0.2, 0) is 4.79 Å². The minimum atomic E-state index is -0.738. The summed E-state index contributed by atoms with van der Waals surface area (Å²) >= 11 is 5.16. The van der Waals surface area contributed by atoms with Gasteiger partial charge in [-0.15, -0.1) is 11.3 Å². The van der Waals surface area contributed by atoms with Gasteiger partial charge in [0.1, 0.15) is 6.04 Å². The molecule has 1 fully saturated rings. The fourth-order valence-electron chi connectivity index (χ4n) is 3.12. The van der Waals surface area contributed by atoms with Gasteiger partial charge in [0.15, 0.2) is 0 Å². The molecule has 0 bridgehead atoms. The molecule has 122 valence electrons. The lowest BCUT2D eigenvalue weighted by Gasteiger charge is -2.38. The van der Waals surface area contributed by atoms with Crippen LogP contribution in [0.25, 0.3) is 0 Å². The molecule has 1 N–H and O–H groups in total. The molecule has 2 aromatic heterocycles. The zero-order valence-corrected chi connectivity index (χ0v) is 15.3. The molecule has 0 amide bonds. The van der Waals surface area contributed by atoms with Crippen molar-refractivity contribution in [1.82, 2.24) is 9.88 Å². The van der Waals surface area contributed by atoms with Crippen LogP contribution in [0.3, 0.4) is 0 Å². The first-order valence-corrected chi connectivity index (χ1v) is 9.33. The zero-order chi connectivity index (χ0) is 16.4. The number of aromatic nitrogens is 1. The van der Waals surface area contributed by atoms with Gasteiger partial charge in [0.05, 0.1) is 15.5 Å². The molecule has 2 unspecified atom stereocenters. The second-order valence-corrected chi connectivity index (χ2v) is 8.39. The molecule has 0 spiro atoms. The number of aryl methyl sites for hydroxylation is 1. The SMILES string of the molecule is Cc1ccc(C(c2ccc(Br)s2)N2CCCCC2C(=O)O)nc1. The minimum Gasteiger partial charge on any atom is -0.480 e.